The average Bonchev–Trinajstić information content (AvgIpc) is 3.34. The number of pyridine rings is 1. The van der Waals surface area contributed by atoms with E-state index in [1.165, 1.54) is 5.56 Å². The van der Waals surface area contributed by atoms with Crippen LogP contribution in [-0.4, -0.2) is 62.8 Å². The first-order chi connectivity index (χ1) is 14.1. The highest BCUT2D eigenvalue weighted by molar-refractivity contribution is 14.0. The first-order valence-corrected chi connectivity index (χ1v) is 10.2. The number of rotatable bonds is 5. The minimum Gasteiger partial charge on any atom is -0.370 e. The van der Waals surface area contributed by atoms with E-state index in [9.17, 15) is 0 Å². The maximum atomic E-state index is 5.96. The van der Waals surface area contributed by atoms with Crippen LogP contribution in [0.3, 0.4) is 0 Å². The van der Waals surface area contributed by atoms with E-state index in [4.69, 9.17) is 14.7 Å². The first-order valence-electron chi connectivity index (χ1n) is 10.2. The van der Waals surface area contributed by atoms with Gasteiger partial charge in [-0.3, -0.25) is 9.67 Å². The van der Waals surface area contributed by atoms with Crippen molar-refractivity contribution in [1.82, 2.24) is 29.4 Å². The van der Waals surface area contributed by atoms with E-state index in [0.29, 0.717) is 13.2 Å². The van der Waals surface area contributed by atoms with Gasteiger partial charge in [-0.05, 0) is 25.5 Å². The van der Waals surface area contributed by atoms with E-state index < -0.39 is 0 Å². The molecule has 162 valence electrons. The summed E-state index contributed by atoms with van der Waals surface area (Å²) in [6.07, 6.45) is 8.86. The second kappa shape index (κ2) is 10.3. The fraction of sp³-hybridized carbons (Fsp3) is 0.476. The van der Waals surface area contributed by atoms with Crippen LogP contribution in [0.1, 0.15) is 29.8 Å². The van der Waals surface area contributed by atoms with Crippen LogP contribution in [0.25, 0.3) is 5.65 Å². The predicted molar refractivity (Wildman–Crippen MR) is 129 cm³/mol. The van der Waals surface area contributed by atoms with Gasteiger partial charge in [0.05, 0.1) is 25.0 Å². The molecule has 8 nitrogen and oxygen atoms in total. The largest absolute Gasteiger partial charge is 0.370 e. The molecule has 0 radical (unpaired) electrons. The van der Waals surface area contributed by atoms with E-state index in [1.807, 2.05) is 36.4 Å². The Bertz CT molecular complexity index is 996. The molecule has 0 bridgehead atoms. The fourth-order valence-corrected chi connectivity index (χ4v) is 3.68. The fourth-order valence-electron chi connectivity index (χ4n) is 3.68. The lowest BCUT2D eigenvalue weighted by atomic mass is 10.1. The second-order valence-corrected chi connectivity index (χ2v) is 7.39. The lowest BCUT2D eigenvalue weighted by molar-refractivity contribution is -0.00803. The molecular weight excluding hydrogens is 493 g/mol. The molecule has 0 saturated carbocycles. The van der Waals surface area contributed by atoms with E-state index in [1.54, 1.807) is 0 Å². The number of imidazole rings is 1. The Morgan fingerprint density at radius 2 is 2.23 bits per heavy atom. The molecule has 1 fully saturated rings. The highest BCUT2D eigenvalue weighted by Crippen LogP contribution is 2.21. The molecule has 1 aliphatic heterocycles. The van der Waals surface area contributed by atoms with Crippen molar-refractivity contribution in [2.75, 3.05) is 32.8 Å². The lowest BCUT2D eigenvalue weighted by Crippen LogP contribution is -2.48. The summed E-state index contributed by atoms with van der Waals surface area (Å²) >= 11 is 0. The van der Waals surface area contributed by atoms with E-state index >= 15 is 0 Å². The molecule has 1 saturated heterocycles. The summed E-state index contributed by atoms with van der Waals surface area (Å²) in [5, 5.41) is 7.69. The number of hydrogen-bond acceptors (Lipinski definition) is 4. The monoisotopic (exact) mass is 523 g/mol. The van der Waals surface area contributed by atoms with E-state index in [2.05, 4.69) is 45.8 Å². The van der Waals surface area contributed by atoms with Gasteiger partial charge in [0.1, 0.15) is 11.8 Å². The third-order valence-electron chi connectivity index (χ3n) is 5.15. The smallest absolute Gasteiger partial charge is 0.194 e. The molecule has 1 atom stereocenters. The van der Waals surface area contributed by atoms with Crippen molar-refractivity contribution in [1.29, 1.82) is 0 Å². The maximum Gasteiger partial charge on any atom is 0.194 e. The number of aryl methyl sites for hydroxylation is 2. The van der Waals surface area contributed by atoms with Crippen LogP contribution in [0.5, 0.6) is 0 Å². The Balaban J connectivity index is 0.00000256. The second-order valence-electron chi connectivity index (χ2n) is 7.39. The number of fused-ring (bicyclic) bond motifs is 1. The molecule has 0 amide bonds. The summed E-state index contributed by atoms with van der Waals surface area (Å²) in [5.41, 5.74) is 4.37. The predicted octanol–water partition coefficient (Wildman–Crippen LogP) is 2.58. The first kappa shape index (κ1) is 22.5. The standard InChI is InChI=1S/C21H29N7O.HI/c1-4-22-21(28-10-11-29-19(15-28)17-12-24-26(3)13-17)23-8-7-18-14-27-9-5-6-16(2)20(27)25-18;/h5-6,9,12-14,19H,4,7-8,10-11,15H2,1-3H3,(H,22,23);1H. The minimum atomic E-state index is 0. The van der Waals surface area contributed by atoms with Gasteiger partial charge in [-0.2, -0.15) is 5.10 Å². The van der Waals surface area contributed by atoms with Crippen LogP contribution < -0.4 is 5.32 Å². The number of morpholine rings is 1. The SMILES string of the molecule is CCNC(=NCCc1cn2cccc(C)c2n1)N1CCOC(c2cnn(C)c2)C1.I. The number of nitrogens with one attached hydrogen (secondary N) is 1. The van der Waals surface area contributed by atoms with Crippen molar-refractivity contribution in [2.24, 2.45) is 12.0 Å². The molecule has 4 heterocycles. The number of aromatic nitrogens is 4. The van der Waals surface area contributed by atoms with Crippen molar-refractivity contribution in [3.8, 4) is 0 Å². The number of hydrogen-bond donors (Lipinski definition) is 1. The molecule has 3 aromatic heterocycles. The zero-order valence-electron chi connectivity index (χ0n) is 17.8. The normalized spacial score (nSPS) is 17.2. The molecule has 0 aliphatic carbocycles. The van der Waals surface area contributed by atoms with Crippen LogP contribution in [0, 0.1) is 6.92 Å². The summed E-state index contributed by atoms with van der Waals surface area (Å²) in [7, 11) is 1.93. The van der Waals surface area contributed by atoms with Crippen molar-refractivity contribution in [2.45, 2.75) is 26.4 Å². The van der Waals surface area contributed by atoms with Gasteiger partial charge < -0.3 is 19.4 Å². The Labute approximate surface area is 194 Å². The quantitative estimate of drug-likeness (QED) is 0.316. The Kier molecular flexibility index (Phi) is 7.70. The van der Waals surface area contributed by atoms with E-state index in [0.717, 1.165) is 48.9 Å². The van der Waals surface area contributed by atoms with Gasteiger partial charge in [0, 0.05) is 57.3 Å². The highest BCUT2D eigenvalue weighted by Gasteiger charge is 2.25. The van der Waals surface area contributed by atoms with Gasteiger partial charge in [0.2, 0.25) is 0 Å². The molecule has 30 heavy (non-hydrogen) atoms. The van der Waals surface area contributed by atoms with Crippen LogP contribution in [0.15, 0.2) is 41.9 Å². The lowest BCUT2D eigenvalue weighted by Gasteiger charge is -2.34. The number of guanidine groups is 1. The van der Waals surface area contributed by atoms with Crippen LogP contribution in [0.2, 0.25) is 0 Å². The van der Waals surface area contributed by atoms with Crippen molar-refractivity contribution in [3.05, 3.63) is 53.7 Å². The number of halogens is 1. The molecule has 4 rings (SSSR count). The number of ether oxygens (including phenoxy) is 1. The zero-order valence-corrected chi connectivity index (χ0v) is 20.1. The van der Waals surface area contributed by atoms with Crippen molar-refractivity contribution in [3.63, 3.8) is 0 Å². The van der Waals surface area contributed by atoms with Gasteiger partial charge in [0.15, 0.2) is 5.96 Å². The molecule has 0 aromatic carbocycles. The van der Waals surface area contributed by atoms with Gasteiger partial charge in [-0.1, -0.05) is 6.07 Å². The molecule has 1 unspecified atom stereocenters. The van der Waals surface area contributed by atoms with Gasteiger partial charge in [-0.15, -0.1) is 24.0 Å². The summed E-state index contributed by atoms with van der Waals surface area (Å²) < 4.78 is 9.86. The Hall–Kier alpha value is -2.14. The van der Waals surface area contributed by atoms with Gasteiger partial charge in [-0.25, -0.2) is 4.98 Å². The van der Waals surface area contributed by atoms with Crippen molar-refractivity contribution < 1.29 is 4.74 Å². The van der Waals surface area contributed by atoms with Gasteiger partial charge >= 0.3 is 0 Å². The Morgan fingerprint density at radius 3 is 2.97 bits per heavy atom. The van der Waals surface area contributed by atoms with Crippen LogP contribution in [-0.2, 0) is 18.2 Å². The summed E-state index contributed by atoms with van der Waals surface area (Å²) in [4.78, 5) is 11.9. The molecule has 0 spiro atoms. The summed E-state index contributed by atoms with van der Waals surface area (Å²) in [6.45, 7) is 7.99. The minimum absolute atomic E-state index is 0. The summed E-state index contributed by atoms with van der Waals surface area (Å²) in [6, 6.07) is 4.14. The third kappa shape index (κ3) is 5.12. The highest BCUT2D eigenvalue weighted by atomic mass is 127. The number of aliphatic imine (C=N–C) groups is 1. The van der Waals surface area contributed by atoms with E-state index in [-0.39, 0.29) is 30.1 Å². The third-order valence-corrected chi connectivity index (χ3v) is 5.15. The van der Waals surface area contributed by atoms with Gasteiger partial charge in [0.25, 0.3) is 0 Å². The average molecular weight is 523 g/mol. The molecule has 9 heteroatoms. The number of nitrogens with zero attached hydrogens (tertiary/aromatic N) is 6. The van der Waals surface area contributed by atoms with Crippen LogP contribution >= 0.6 is 24.0 Å². The molecule has 1 aliphatic rings. The molecule has 1 N–H and O–H groups in total. The molecule has 3 aromatic rings. The maximum absolute atomic E-state index is 5.96. The Morgan fingerprint density at radius 1 is 1.37 bits per heavy atom. The van der Waals surface area contributed by atoms with Crippen LogP contribution in [0.4, 0.5) is 0 Å². The zero-order chi connectivity index (χ0) is 20.2. The summed E-state index contributed by atoms with van der Waals surface area (Å²) in [5.74, 6) is 0.935. The topological polar surface area (TPSA) is 72.0 Å². The van der Waals surface area contributed by atoms with Crippen molar-refractivity contribution >= 4 is 35.6 Å². The molecular formula is C21H30IN7O.